The first kappa shape index (κ1) is 29.8. The molecule has 2 aromatic rings. The zero-order valence-corrected chi connectivity index (χ0v) is 23.9. The number of carbonyl (C=O) groups excluding carboxylic acids is 2. The fraction of sp³-hybridized carbons (Fsp3) is 0.548. The molecule has 2 heterocycles. The first-order valence-corrected chi connectivity index (χ1v) is 13.9. The number of methoxy groups -OCH3 is 1. The molecule has 1 fully saturated rings. The molecule has 0 amide bonds. The van der Waals surface area contributed by atoms with Gasteiger partial charge in [-0.25, -0.2) is 9.59 Å². The number of phenols is 1. The molecule has 2 aliphatic rings. The maximum Gasteiger partial charge on any atom is 0.342 e. The van der Waals surface area contributed by atoms with Gasteiger partial charge in [-0.2, -0.15) is 0 Å². The lowest BCUT2D eigenvalue weighted by molar-refractivity contribution is -0.156. The summed E-state index contributed by atoms with van der Waals surface area (Å²) in [6, 6.07) is 11.8. The summed E-state index contributed by atoms with van der Waals surface area (Å²) in [5, 5.41) is 10.4. The van der Waals surface area contributed by atoms with E-state index < -0.39 is 36.0 Å². The number of fused-ring (bicyclic) bond motifs is 2. The van der Waals surface area contributed by atoms with E-state index in [1.165, 1.54) is 13.2 Å². The molecule has 1 saturated heterocycles. The van der Waals surface area contributed by atoms with Crippen LogP contribution in [0.15, 0.2) is 42.5 Å². The second kappa shape index (κ2) is 13.0. The van der Waals surface area contributed by atoms with Crippen molar-refractivity contribution in [2.45, 2.75) is 90.0 Å². The Labute approximate surface area is 235 Å². The summed E-state index contributed by atoms with van der Waals surface area (Å²) in [7, 11) is 1.48. The van der Waals surface area contributed by atoms with Crippen LogP contribution in [0.2, 0.25) is 0 Å². The third-order valence-electron chi connectivity index (χ3n) is 7.50. The molecular weight excluding hydrogens is 516 g/mol. The van der Waals surface area contributed by atoms with Gasteiger partial charge < -0.3 is 33.5 Å². The Morgan fingerprint density at radius 3 is 2.55 bits per heavy atom. The maximum atomic E-state index is 13.4. The molecule has 1 N–H and O–H groups in total. The monoisotopic (exact) mass is 556 g/mol. The Morgan fingerprint density at radius 2 is 1.82 bits per heavy atom. The fourth-order valence-corrected chi connectivity index (χ4v) is 5.29. The van der Waals surface area contributed by atoms with Crippen LogP contribution in [0.3, 0.4) is 0 Å². The molecule has 0 bridgehead atoms. The van der Waals surface area contributed by atoms with E-state index in [2.05, 4.69) is 0 Å². The van der Waals surface area contributed by atoms with Crippen LogP contribution in [-0.4, -0.2) is 61.2 Å². The van der Waals surface area contributed by atoms with Crippen molar-refractivity contribution in [2.24, 2.45) is 5.92 Å². The number of carbonyl (C=O) groups is 2. The molecule has 0 saturated carbocycles. The zero-order chi connectivity index (χ0) is 28.9. The summed E-state index contributed by atoms with van der Waals surface area (Å²) in [4.78, 5) is 26.5. The van der Waals surface area contributed by atoms with Gasteiger partial charge in [0.1, 0.15) is 35.4 Å². The Morgan fingerprint density at radius 1 is 1.07 bits per heavy atom. The van der Waals surface area contributed by atoms with Gasteiger partial charge in [0.25, 0.3) is 0 Å². The number of rotatable bonds is 5. The first-order valence-electron chi connectivity index (χ1n) is 13.9. The van der Waals surface area contributed by atoms with E-state index in [1.54, 1.807) is 30.3 Å². The van der Waals surface area contributed by atoms with Gasteiger partial charge in [0.2, 0.25) is 0 Å². The number of phenolic OH excluding ortho intramolecular Hbond substituents is 1. The number of aryl methyl sites for hydroxylation is 1. The van der Waals surface area contributed by atoms with E-state index in [1.807, 2.05) is 33.8 Å². The SMILES string of the molecule is COCOc1cc(O)cc2c1C(=O)O[C@@H](C)[C@H](C)CCC(OC(=O)c1ccccc1)[C@H]1OC(C)(C)O[C@H]1CCC2. The Kier molecular flexibility index (Phi) is 9.71. The van der Waals surface area contributed by atoms with Gasteiger partial charge >= 0.3 is 11.9 Å². The van der Waals surface area contributed by atoms with E-state index >= 15 is 0 Å². The summed E-state index contributed by atoms with van der Waals surface area (Å²) in [5.41, 5.74) is 1.35. The van der Waals surface area contributed by atoms with Gasteiger partial charge in [-0.1, -0.05) is 25.1 Å². The van der Waals surface area contributed by atoms with Crippen molar-refractivity contribution in [3.63, 3.8) is 0 Å². The van der Waals surface area contributed by atoms with Crippen molar-refractivity contribution in [3.05, 3.63) is 59.2 Å². The first-order chi connectivity index (χ1) is 19.1. The van der Waals surface area contributed by atoms with Gasteiger partial charge in [0.05, 0.1) is 11.7 Å². The van der Waals surface area contributed by atoms with Crippen LogP contribution in [0.25, 0.3) is 0 Å². The summed E-state index contributed by atoms with van der Waals surface area (Å²) in [6.45, 7) is 7.47. The highest BCUT2D eigenvalue weighted by Gasteiger charge is 2.46. The lowest BCUT2D eigenvalue weighted by atomic mass is 9.92. The molecule has 0 spiro atoms. The number of hydrogen-bond acceptors (Lipinski definition) is 9. The van der Waals surface area contributed by atoms with Crippen molar-refractivity contribution in [3.8, 4) is 11.5 Å². The average molecular weight is 557 g/mol. The normalized spacial score (nSPS) is 27.0. The van der Waals surface area contributed by atoms with E-state index in [9.17, 15) is 14.7 Å². The minimum atomic E-state index is -0.851. The van der Waals surface area contributed by atoms with Crippen LogP contribution in [0, 0.1) is 5.92 Å². The van der Waals surface area contributed by atoms with Crippen LogP contribution in [0.5, 0.6) is 11.5 Å². The largest absolute Gasteiger partial charge is 0.508 e. The topological polar surface area (TPSA) is 110 Å². The van der Waals surface area contributed by atoms with Crippen molar-refractivity contribution in [1.82, 2.24) is 0 Å². The van der Waals surface area contributed by atoms with Gasteiger partial charge in [-0.15, -0.1) is 0 Å². The standard InChI is InChI=1S/C31H40O9/c1-19-14-15-24(38-29(33)21-10-7-6-8-11-21)28-25(39-31(3,4)40-28)13-9-12-22-16-23(32)17-26(36-18-35-5)27(22)30(34)37-20(19)2/h6-8,10-11,16-17,19-20,24-25,28,32H,9,12-15,18H2,1-5H3/t19-,20+,24?,25+,28-/m1/s1. The molecule has 9 heteroatoms. The van der Waals surface area contributed by atoms with Gasteiger partial charge in [-0.05, 0) is 82.6 Å². The second-order valence-electron chi connectivity index (χ2n) is 11.0. The number of esters is 2. The quantitative estimate of drug-likeness (QED) is 0.381. The smallest absolute Gasteiger partial charge is 0.342 e. The Bertz CT molecular complexity index is 1160. The van der Waals surface area contributed by atoms with Gasteiger partial charge in [0.15, 0.2) is 12.6 Å². The van der Waals surface area contributed by atoms with E-state index in [-0.39, 0.29) is 35.9 Å². The van der Waals surface area contributed by atoms with E-state index in [0.717, 1.165) is 0 Å². The third kappa shape index (κ3) is 7.33. The fourth-order valence-electron chi connectivity index (χ4n) is 5.29. The molecule has 40 heavy (non-hydrogen) atoms. The number of ether oxygens (including phenoxy) is 6. The van der Waals surface area contributed by atoms with Gasteiger partial charge in [-0.3, -0.25) is 0 Å². The summed E-state index contributed by atoms with van der Waals surface area (Å²) < 4.78 is 35.3. The highest BCUT2D eigenvalue weighted by Crippen LogP contribution is 2.37. The molecule has 218 valence electrons. The minimum absolute atomic E-state index is 0.0208. The van der Waals surface area contributed by atoms with Crippen LogP contribution in [0.1, 0.15) is 79.7 Å². The van der Waals surface area contributed by atoms with E-state index in [0.29, 0.717) is 43.2 Å². The highest BCUT2D eigenvalue weighted by atomic mass is 16.8. The van der Waals surface area contributed by atoms with Crippen molar-refractivity contribution in [1.29, 1.82) is 0 Å². The minimum Gasteiger partial charge on any atom is -0.508 e. The molecule has 2 aromatic carbocycles. The molecular formula is C31H40O9. The Hall–Kier alpha value is -3.14. The lowest BCUT2D eigenvalue weighted by Crippen LogP contribution is -2.39. The molecule has 0 aromatic heterocycles. The Balaban J connectivity index is 1.65. The number of aromatic hydroxyl groups is 1. The van der Waals surface area contributed by atoms with Crippen molar-refractivity contribution >= 4 is 11.9 Å². The zero-order valence-electron chi connectivity index (χ0n) is 23.9. The number of cyclic esters (lactones) is 1. The number of hydrogen-bond donors (Lipinski definition) is 1. The van der Waals surface area contributed by atoms with Crippen LogP contribution in [-0.2, 0) is 30.1 Å². The molecule has 5 atom stereocenters. The van der Waals surface area contributed by atoms with Crippen molar-refractivity contribution in [2.75, 3.05) is 13.9 Å². The molecule has 9 nitrogen and oxygen atoms in total. The summed E-state index contributed by atoms with van der Waals surface area (Å²) in [6.07, 6.45) is 0.962. The molecule has 0 radical (unpaired) electrons. The molecule has 1 unspecified atom stereocenters. The van der Waals surface area contributed by atoms with Crippen molar-refractivity contribution < 1.29 is 43.1 Å². The third-order valence-corrected chi connectivity index (χ3v) is 7.50. The predicted molar refractivity (Wildman–Crippen MR) is 146 cm³/mol. The molecule has 4 rings (SSSR count). The summed E-state index contributed by atoms with van der Waals surface area (Å²) in [5.74, 6) is -1.66. The molecule has 0 aliphatic carbocycles. The molecule has 2 aliphatic heterocycles. The number of benzene rings is 2. The van der Waals surface area contributed by atoms with Crippen LogP contribution in [0.4, 0.5) is 0 Å². The van der Waals surface area contributed by atoms with E-state index in [4.69, 9.17) is 28.4 Å². The summed E-state index contributed by atoms with van der Waals surface area (Å²) >= 11 is 0. The van der Waals surface area contributed by atoms with Crippen LogP contribution < -0.4 is 4.74 Å². The highest BCUT2D eigenvalue weighted by molar-refractivity contribution is 5.94. The second-order valence-corrected chi connectivity index (χ2v) is 11.0. The van der Waals surface area contributed by atoms with Crippen LogP contribution >= 0.6 is 0 Å². The lowest BCUT2D eigenvalue weighted by Gasteiger charge is -2.29. The predicted octanol–water partition coefficient (Wildman–Crippen LogP) is 5.42. The average Bonchev–Trinajstić information content (AvgIpc) is 3.22. The van der Waals surface area contributed by atoms with Gasteiger partial charge in [0, 0.05) is 13.2 Å². The maximum absolute atomic E-state index is 13.4.